The zero-order valence-corrected chi connectivity index (χ0v) is 10.5. The van der Waals surface area contributed by atoms with Crippen LogP contribution in [0.3, 0.4) is 0 Å². The van der Waals surface area contributed by atoms with Crippen LogP contribution in [0.5, 0.6) is 0 Å². The van der Waals surface area contributed by atoms with E-state index in [9.17, 15) is 4.79 Å². The van der Waals surface area contributed by atoms with Gasteiger partial charge >= 0.3 is 6.03 Å². The summed E-state index contributed by atoms with van der Waals surface area (Å²) in [5.41, 5.74) is 0. The van der Waals surface area contributed by atoms with Crippen LogP contribution in [0.25, 0.3) is 0 Å². The van der Waals surface area contributed by atoms with Crippen molar-refractivity contribution < 1.29 is 9.53 Å². The standard InChI is InChI=1S/C12H24N2O2/c1-3-4-7-13-12(15)14(2)8-9-16-10-11-5-6-11/h11H,3-10H2,1-2H3,(H,13,15). The van der Waals surface area contributed by atoms with E-state index in [-0.39, 0.29) is 6.03 Å². The molecule has 2 amide bonds. The van der Waals surface area contributed by atoms with Gasteiger partial charge in [0.1, 0.15) is 0 Å². The second-order valence-electron chi connectivity index (χ2n) is 4.53. The summed E-state index contributed by atoms with van der Waals surface area (Å²) in [6.07, 6.45) is 4.77. The Balaban J connectivity index is 1.94. The number of amides is 2. The Bertz CT molecular complexity index is 205. The van der Waals surface area contributed by atoms with Crippen LogP contribution in [-0.4, -0.2) is 44.3 Å². The Kier molecular flexibility index (Phi) is 6.23. The number of hydrogen-bond acceptors (Lipinski definition) is 2. The SMILES string of the molecule is CCCCNC(=O)N(C)CCOCC1CC1. The highest BCUT2D eigenvalue weighted by Gasteiger charge is 2.21. The fraction of sp³-hybridized carbons (Fsp3) is 0.917. The second kappa shape index (κ2) is 7.49. The Labute approximate surface area is 98.3 Å². The van der Waals surface area contributed by atoms with Crippen molar-refractivity contribution >= 4 is 6.03 Å². The van der Waals surface area contributed by atoms with Gasteiger partial charge in [-0.05, 0) is 25.2 Å². The molecule has 1 rings (SSSR count). The molecule has 1 N–H and O–H groups in total. The molecule has 1 aliphatic carbocycles. The Morgan fingerprint density at radius 1 is 1.50 bits per heavy atom. The van der Waals surface area contributed by atoms with Gasteiger partial charge in [0.05, 0.1) is 6.61 Å². The molecule has 0 aromatic heterocycles. The highest BCUT2D eigenvalue weighted by molar-refractivity contribution is 5.73. The number of unbranched alkanes of at least 4 members (excludes halogenated alkanes) is 1. The summed E-state index contributed by atoms with van der Waals surface area (Å²) in [5.74, 6) is 0.795. The van der Waals surface area contributed by atoms with E-state index < -0.39 is 0 Å². The molecule has 94 valence electrons. The normalized spacial score (nSPS) is 14.9. The number of carbonyl (C=O) groups excluding carboxylic acids is 1. The third-order valence-corrected chi connectivity index (χ3v) is 2.77. The Hall–Kier alpha value is -0.770. The van der Waals surface area contributed by atoms with Crippen molar-refractivity contribution in [2.45, 2.75) is 32.6 Å². The van der Waals surface area contributed by atoms with Gasteiger partial charge in [0.25, 0.3) is 0 Å². The third kappa shape index (κ3) is 5.95. The van der Waals surface area contributed by atoms with Crippen molar-refractivity contribution in [1.82, 2.24) is 10.2 Å². The van der Waals surface area contributed by atoms with Crippen LogP contribution in [0.15, 0.2) is 0 Å². The number of urea groups is 1. The van der Waals surface area contributed by atoms with Gasteiger partial charge in [-0.2, -0.15) is 0 Å². The molecule has 1 aliphatic rings. The van der Waals surface area contributed by atoms with Crippen molar-refractivity contribution in [2.24, 2.45) is 5.92 Å². The van der Waals surface area contributed by atoms with Gasteiger partial charge in [-0.1, -0.05) is 13.3 Å². The highest BCUT2D eigenvalue weighted by atomic mass is 16.5. The van der Waals surface area contributed by atoms with Gasteiger partial charge in [-0.3, -0.25) is 0 Å². The van der Waals surface area contributed by atoms with Crippen molar-refractivity contribution in [1.29, 1.82) is 0 Å². The van der Waals surface area contributed by atoms with Crippen LogP contribution >= 0.6 is 0 Å². The molecule has 1 saturated carbocycles. The third-order valence-electron chi connectivity index (χ3n) is 2.77. The first-order valence-corrected chi connectivity index (χ1v) is 6.30. The summed E-state index contributed by atoms with van der Waals surface area (Å²) < 4.78 is 5.48. The van der Waals surface area contributed by atoms with E-state index in [1.807, 2.05) is 7.05 Å². The summed E-state index contributed by atoms with van der Waals surface area (Å²) in [4.78, 5) is 13.2. The first-order chi connectivity index (χ1) is 7.74. The molecule has 0 spiro atoms. The molecule has 0 bridgehead atoms. The van der Waals surface area contributed by atoms with E-state index in [0.717, 1.165) is 31.9 Å². The lowest BCUT2D eigenvalue weighted by atomic mass is 10.3. The van der Waals surface area contributed by atoms with Gasteiger partial charge < -0.3 is 15.0 Å². The Morgan fingerprint density at radius 2 is 2.25 bits per heavy atom. The van der Waals surface area contributed by atoms with Gasteiger partial charge in [0.2, 0.25) is 0 Å². The molecular formula is C12H24N2O2. The Morgan fingerprint density at radius 3 is 2.88 bits per heavy atom. The lowest BCUT2D eigenvalue weighted by Crippen LogP contribution is -2.39. The van der Waals surface area contributed by atoms with Gasteiger partial charge in [0, 0.05) is 26.7 Å². The number of hydrogen-bond donors (Lipinski definition) is 1. The maximum absolute atomic E-state index is 11.5. The van der Waals surface area contributed by atoms with Crippen molar-refractivity contribution in [3.05, 3.63) is 0 Å². The molecule has 0 aromatic carbocycles. The zero-order valence-electron chi connectivity index (χ0n) is 10.5. The van der Waals surface area contributed by atoms with Gasteiger partial charge in [-0.15, -0.1) is 0 Å². The average molecular weight is 228 g/mol. The van der Waals surface area contributed by atoms with Crippen molar-refractivity contribution in [3.8, 4) is 0 Å². The van der Waals surface area contributed by atoms with E-state index in [1.165, 1.54) is 12.8 Å². The molecular weight excluding hydrogens is 204 g/mol. The molecule has 0 atom stereocenters. The number of nitrogens with one attached hydrogen (secondary N) is 1. The topological polar surface area (TPSA) is 41.6 Å². The van der Waals surface area contributed by atoms with E-state index in [0.29, 0.717) is 13.2 Å². The molecule has 0 heterocycles. The highest BCUT2D eigenvalue weighted by Crippen LogP contribution is 2.28. The summed E-state index contributed by atoms with van der Waals surface area (Å²) in [7, 11) is 1.81. The quantitative estimate of drug-likeness (QED) is 0.644. The largest absolute Gasteiger partial charge is 0.379 e. The number of nitrogens with zero attached hydrogens (tertiary/aromatic N) is 1. The lowest BCUT2D eigenvalue weighted by molar-refractivity contribution is 0.108. The molecule has 0 unspecified atom stereocenters. The second-order valence-corrected chi connectivity index (χ2v) is 4.53. The number of carbonyl (C=O) groups is 1. The number of ether oxygens (including phenoxy) is 1. The summed E-state index contributed by atoms with van der Waals surface area (Å²) in [5, 5.41) is 2.88. The molecule has 16 heavy (non-hydrogen) atoms. The van der Waals surface area contributed by atoms with Crippen LogP contribution in [0.2, 0.25) is 0 Å². The van der Waals surface area contributed by atoms with Crippen LogP contribution in [0.4, 0.5) is 4.79 Å². The molecule has 0 aromatic rings. The van der Waals surface area contributed by atoms with Crippen LogP contribution in [0, 0.1) is 5.92 Å². The molecule has 0 radical (unpaired) electrons. The first kappa shape index (κ1) is 13.3. The fourth-order valence-corrected chi connectivity index (χ4v) is 1.34. The monoisotopic (exact) mass is 228 g/mol. The minimum Gasteiger partial charge on any atom is -0.379 e. The van der Waals surface area contributed by atoms with E-state index in [2.05, 4.69) is 12.2 Å². The molecule has 4 heteroatoms. The molecule has 1 fully saturated rings. The molecule has 0 aliphatic heterocycles. The number of rotatable bonds is 8. The van der Waals surface area contributed by atoms with Crippen LogP contribution < -0.4 is 5.32 Å². The molecule has 0 saturated heterocycles. The summed E-state index contributed by atoms with van der Waals surface area (Å²) >= 11 is 0. The molecule has 4 nitrogen and oxygen atoms in total. The zero-order chi connectivity index (χ0) is 11.8. The maximum atomic E-state index is 11.5. The lowest BCUT2D eigenvalue weighted by Gasteiger charge is -2.17. The average Bonchev–Trinajstić information content (AvgIpc) is 3.08. The van der Waals surface area contributed by atoms with E-state index in [4.69, 9.17) is 4.74 Å². The number of likely N-dealkylation sites (N-methyl/N-ethyl adjacent to an activating group) is 1. The minimum atomic E-state index is 0.00321. The van der Waals surface area contributed by atoms with Crippen LogP contribution in [-0.2, 0) is 4.74 Å². The predicted molar refractivity (Wildman–Crippen MR) is 64.5 cm³/mol. The minimum absolute atomic E-state index is 0.00321. The van der Waals surface area contributed by atoms with Gasteiger partial charge in [0.15, 0.2) is 0 Å². The van der Waals surface area contributed by atoms with Crippen molar-refractivity contribution in [3.63, 3.8) is 0 Å². The first-order valence-electron chi connectivity index (χ1n) is 6.30. The van der Waals surface area contributed by atoms with E-state index >= 15 is 0 Å². The fourth-order valence-electron chi connectivity index (χ4n) is 1.34. The summed E-state index contributed by atoms with van der Waals surface area (Å²) in [6.45, 7) is 5.06. The maximum Gasteiger partial charge on any atom is 0.317 e. The van der Waals surface area contributed by atoms with Gasteiger partial charge in [-0.25, -0.2) is 4.79 Å². The van der Waals surface area contributed by atoms with E-state index in [1.54, 1.807) is 4.90 Å². The van der Waals surface area contributed by atoms with Crippen molar-refractivity contribution in [2.75, 3.05) is 33.4 Å². The predicted octanol–water partition coefficient (Wildman–Crippen LogP) is 1.85. The summed E-state index contributed by atoms with van der Waals surface area (Å²) in [6, 6.07) is 0.00321. The smallest absolute Gasteiger partial charge is 0.317 e. The van der Waals surface area contributed by atoms with Crippen LogP contribution in [0.1, 0.15) is 32.6 Å².